The first-order valence-electron chi connectivity index (χ1n) is 8.10. The number of carboxylic acid groups (broad SMARTS) is 1. The molecule has 2 rings (SSSR count). The highest BCUT2D eigenvalue weighted by molar-refractivity contribution is 5.87. The molecule has 1 saturated carbocycles. The molecule has 6 heteroatoms. The first-order chi connectivity index (χ1) is 10.1. The van der Waals surface area contributed by atoms with Gasteiger partial charge in [-0.1, -0.05) is 25.7 Å². The zero-order valence-electron chi connectivity index (χ0n) is 12.7. The van der Waals surface area contributed by atoms with Crippen molar-refractivity contribution in [3.8, 4) is 0 Å². The smallest absolute Gasteiger partial charge is 0.329 e. The van der Waals surface area contributed by atoms with E-state index in [1.165, 1.54) is 0 Å². The van der Waals surface area contributed by atoms with Crippen LogP contribution in [-0.4, -0.2) is 60.1 Å². The van der Waals surface area contributed by atoms with Crippen molar-refractivity contribution in [3.05, 3.63) is 0 Å². The van der Waals surface area contributed by atoms with E-state index in [-0.39, 0.29) is 5.91 Å². The molecule has 0 atom stereocenters. The van der Waals surface area contributed by atoms with Crippen molar-refractivity contribution in [2.24, 2.45) is 0 Å². The van der Waals surface area contributed by atoms with E-state index in [9.17, 15) is 14.7 Å². The summed E-state index contributed by atoms with van der Waals surface area (Å²) < 4.78 is 0. The van der Waals surface area contributed by atoms with Gasteiger partial charge >= 0.3 is 5.97 Å². The molecule has 3 N–H and O–H groups in total. The molecule has 120 valence electrons. The molecule has 0 aromatic carbocycles. The molecule has 0 spiro atoms. The van der Waals surface area contributed by atoms with E-state index in [2.05, 4.69) is 15.5 Å². The quantitative estimate of drug-likeness (QED) is 0.661. The van der Waals surface area contributed by atoms with E-state index in [1.54, 1.807) is 0 Å². The second-order valence-corrected chi connectivity index (χ2v) is 6.23. The molecule has 0 aromatic rings. The molecule has 2 aliphatic rings. The average Bonchev–Trinajstić information content (AvgIpc) is 2.82. The summed E-state index contributed by atoms with van der Waals surface area (Å²) in [5, 5.41) is 15.7. The van der Waals surface area contributed by atoms with Gasteiger partial charge in [-0.25, -0.2) is 4.79 Å². The fraction of sp³-hybridized carbons (Fsp3) is 0.867. The van der Waals surface area contributed by atoms with Gasteiger partial charge in [-0.3, -0.25) is 9.69 Å². The van der Waals surface area contributed by atoms with E-state index in [1.807, 2.05) is 0 Å². The Kier molecular flexibility index (Phi) is 5.99. The number of hydrogen-bond donors (Lipinski definition) is 3. The summed E-state index contributed by atoms with van der Waals surface area (Å²) in [4.78, 5) is 26.0. The predicted molar refractivity (Wildman–Crippen MR) is 80.1 cm³/mol. The Hall–Kier alpha value is -1.14. The highest BCUT2D eigenvalue weighted by Gasteiger charge is 2.40. The van der Waals surface area contributed by atoms with Crippen LogP contribution in [0.5, 0.6) is 0 Å². The van der Waals surface area contributed by atoms with Crippen LogP contribution in [0.25, 0.3) is 0 Å². The average molecular weight is 297 g/mol. The largest absolute Gasteiger partial charge is 0.480 e. The van der Waals surface area contributed by atoms with Gasteiger partial charge in [0.2, 0.25) is 5.91 Å². The lowest BCUT2D eigenvalue weighted by atomic mass is 9.90. The summed E-state index contributed by atoms with van der Waals surface area (Å²) in [7, 11) is 0. The Morgan fingerprint density at radius 2 is 1.76 bits per heavy atom. The van der Waals surface area contributed by atoms with Crippen LogP contribution < -0.4 is 10.6 Å². The molecule has 0 unspecified atom stereocenters. The molecule has 0 radical (unpaired) electrons. The van der Waals surface area contributed by atoms with Gasteiger partial charge in [0.15, 0.2) is 0 Å². The fourth-order valence-corrected chi connectivity index (χ4v) is 3.29. The topological polar surface area (TPSA) is 81.7 Å². The third kappa shape index (κ3) is 4.68. The molecule has 1 aliphatic carbocycles. The van der Waals surface area contributed by atoms with Crippen molar-refractivity contribution in [3.63, 3.8) is 0 Å². The van der Waals surface area contributed by atoms with Gasteiger partial charge in [0.05, 0.1) is 6.54 Å². The van der Waals surface area contributed by atoms with Gasteiger partial charge in [-0.05, 0) is 32.4 Å². The highest BCUT2D eigenvalue weighted by atomic mass is 16.4. The van der Waals surface area contributed by atoms with Crippen LogP contribution in [-0.2, 0) is 9.59 Å². The Morgan fingerprint density at radius 3 is 2.43 bits per heavy atom. The van der Waals surface area contributed by atoms with E-state index in [4.69, 9.17) is 0 Å². The van der Waals surface area contributed by atoms with Crippen molar-refractivity contribution in [1.29, 1.82) is 0 Å². The van der Waals surface area contributed by atoms with Crippen molar-refractivity contribution >= 4 is 11.9 Å². The lowest BCUT2D eigenvalue weighted by Gasteiger charge is -2.30. The minimum absolute atomic E-state index is 0.152. The Morgan fingerprint density at radius 1 is 1.05 bits per heavy atom. The van der Waals surface area contributed by atoms with Gasteiger partial charge in [0.1, 0.15) is 5.54 Å². The van der Waals surface area contributed by atoms with Crippen LogP contribution in [0.15, 0.2) is 0 Å². The van der Waals surface area contributed by atoms with E-state index in [0.717, 1.165) is 58.3 Å². The Balaban J connectivity index is 1.92. The van der Waals surface area contributed by atoms with Gasteiger partial charge in [-0.15, -0.1) is 0 Å². The number of aliphatic carboxylic acids is 1. The molecule has 21 heavy (non-hydrogen) atoms. The summed E-state index contributed by atoms with van der Waals surface area (Å²) in [5.74, 6) is -1.03. The summed E-state index contributed by atoms with van der Waals surface area (Å²) in [6, 6.07) is 0. The summed E-state index contributed by atoms with van der Waals surface area (Å²) in [6.07, 6.45) is 5.99. The van der Waals surface area contributed by atoms with Crippen LogP contribution in [0.2, 0.25) is 0 Å². The Labute approximate surface area is 126 Å². The minimum Gasteiger partial charge on any atom is -0.480 e. The normalized spacial score (nSPS) is 23.8. The second kappa shape index (κ2) is 7.75. The van der Waals surface area contributed by atoms with Crippen LogP contribution >= 0.6 is 0 Å². The van der Waals surface area contributed by atoms with Gasteiger partial charge < -0.3 is 15.7 Å². The van der Waals surface area contributed by atoms with Gasteiger partial charge in [0, 0.05) is 13.1 Å². The predicted octanol–water partition coefficient (Wildman–Crippen LogP) is 0.576. The summed E-state index contributed by atoms with van der Waals surface area (Å²) in [6.45, 7) is 3.90. The number of carbonyl (C=O) groups excluding carboxylic acids is 1. The zero-order valence-corrected chi connectivity index (χ0v) is 12.7. The third-order valence-electron chi connectivity index (χ3n) is 4.55. The van der Waals surface area contributed by atoms with Crippen molar-refractivity contribution in [1.82, 2.24) is 15.5 Å². The summed E-state index contributed by atoms with van der Waals surface area (Å²) >= 11 is 0. The maximum atomic E-state index is 12.3. The van der Waals surface area contributed by atoms with Crippen molar-refractivity contribution in [2.75, 3.05) is 32.7 Å². The Bertz CT molecular complexity index is 357. The van der Waals surface area contributed by atoms with Crippen molar-refractivity contribution < 1.29 is 14.7 Å². The number of hydrogen-bond acceptors (Lipinski definition) is 4. The molecule has 1 amide bonds. The van der Waals surface area contributed by atoms with E-state index < -0.39 is 11.5 Å². The molecule has 0 bridgehead atoms. The zero-order chi connectivity index (χ0) is 15.1. The molecule has 0 aromatic heterocycles. The first-order valence-corrected chi connectivity index (χ1v) is 8.10. The number of amides is 1. The minimum atomic E-state index is -1.04. The SMILES string of the molecule is O=C(CN1CCCNCC1)NC1(C(=O)O)CCCCCC1. The van der Waals surface area contributed by atoms with Gasteiger partial charge in [-0.2, -0.15) is 0 Å². The van der Waals surface area contributed by atoms with Gasteiger partial charge in [0.25, 0.3) is 0 Å². The highest BCUT2D eigenvalue weighted by Crippen LogP contribution is 2.27. The van der Waals surface area contributed by atoms with Crippen LogP contribution in [0.4, 0.5) is 0 Å². The number of carboxylic acids is 1. The number of carbonyl (C=O) groups is 2. The second-order valence-electron chi connectivity index (χ2n) is 6.23. The standard InChI is InChI=1S/C15H27N3O3/c19-13(12-18-10-5-8-16-9-11-18)17-15(14(20)21)6-3-1-2-4-7-15/h16H,1-12H2,(H,17,19)(H,20,21). The number of rotatable bonds is 4. The molecule has 2 fully saturated rings. The molecule has 1 aliphatic heterocycles. The summed E-state index contributed by atoms with van der Waals surface area (Å²) in [5.41, 5.74) is -1.04. The lowest BCUT2D eigenvalue weighted by molar-refractivity contribution is -0.148. The molecular formula is C15H27N3O3. The molecular weight excluding hydrogens is 270 g/mol. The van der Waals surface area contributed by atoms with Crippen LogP contribution in [0.3, 0.4) is 0 Å². The maximum Gasteiger partial charge on any atom is 0.329 e. The third-order valence-corrected chi connectivity index (χ3v) is 4.55. The van der Waals surface area contributed by atoms with Crippen molar-refractivity contribution in [2.45, 2.75) is 50.5 Å². The van der Waals surface area contributed by atoms with Crippen LogP contribution in [0.1, 0.15) is 44.9 Å². The van der Waals surface area contributed by atoms with E-state index in [0.29, 0.717) is 19.4 Å². The first kappa shape index (κ1) is 16.2. The van der Waals surface area contributed by atoms with Crippen LogP contribution in [0, 0.1) is 0 Å². The number of nitrogens with one attached hydrogen (secondary N) is 2. The lowest BCUT2D eigenvalue weighted by Crippen LogP contribution is -2.56. The molecule has 1 saturated heterocycles. The molecule has 6 nitrogen and oxygen atoms in total. The monoisotopic (exact) mass is 297 g/mol. The van der Waals surface area contributed by atoms with E-state index >= 15 is 0 Å². The number of nitrogens with zero attached hydrogens (tertiary/aromatic N) is 1. The fourth-order valence-electron chi connectivity index (χ4n) is 3.29. The molecule has 1 heterocycles. The maximum absolute atomic E-state index is 12.3.